The standard InChI is InChI=1S/C24H30O2S/c1-7-26-22(25)9-8-18-13-17(15-27-18)19-14-21-20(12-16(19)2)23(3,4)10-11-24(21,5)6/h8-9,12-15H,7,10-11H2,1-6H3/b9-8+. The molecule has 0 fully saturated rings. The zero-order chi connectivity index (χ0) is 19.8. The minimum absolute atomic E-state index is 0.204. The maximum atomic E-state index is 11.5. The SMILES string of the molecule is CCOC(=O)/C=C/c1cc(-c2cc3c(cc2C)C(C)(C)CCC3(C)C)cs1. The summed E-state index contributed by atoms with van der Waals surface area (Å²) in [5.41, 5.74) is 7.26. The lowest BCUT2D eigenvalue weighted by molar-refractivity contribution is -0.137. The molecule has 0 N–H and O–H groups in total. The van der Waals surface area contributed by atoms with Crippen molar-refractivity contribution in [1.82, 2.24) is 0 Å². The van der Waals surface area contributed by atoms with Crippen molar-refractivity contribution < 1.29 is 9.53 Å². The molecular weight excluding hydrogens is 352 g/mol. The van der Waals surface area contributed by atoms with E-state index in [4.69, 9.17) is 4.74 Å². The van der Waals surface area contributed by atoms with Gasteiger partial charge in [0.25, 0.3) is 0 Å². The molecule has 1 aliphatic carbocycles. The summed E-state index contributed by atoms with van der Waals surface area (Å²) in [5.74, 6) is -0.290. The van der Waals surface area contributed by atoms with E-state index in [0.29, 0.717) is 6.61 Å². The van der Waals surface area contributed by atoms with Gasteiger partial charge in [-0.05, 0) is 82.9 Å². The van der Waals surface area contributed by atoms with E-state index in [1.165, 1.54) is 46.7 Å². The van der Waals surface area contributed by atoms with Gasteiger partial charge in [-0.3, -0.25) is 0 Å². The van der Waals surface area contributed by atoms with Crippen LogP contribution in [0, 0.1) is 6.92 Å². The van der Waals surface area contributed by atoms with Crippen LogP contribution in [-0.2, 0) is 20.4 Å². The molecule has 2 aromatic rings. The highest BCUT2D eigenvalue weighted by Crippen LogP contribution is 2.47. The third kappa shape index (κ3) is 4.03. The summed E-state index contributed by atoms with van der Waals surface area (Å²) in [6, 6.07) is 6.97. The lowest BCUT2D eigenvalue weighted by Gasteiger charge is -2.42. The number of rotatable bonds is 4. The molecule has 27 heavy (non-hydrogen) atoms. The van der Waals surface area contributed by atoms with Gasteiger partial charge in [0.05, 0.1) is 6.61 Å². The zero-order valence-corrected chi connectivity index (χ0v) is 18.1. The molecule has 0 radical (unpaired) electrons. The average molecular weight is 383 g/mol. The van der Waals surface area contributed by atoms with Gasteiger partial charge in [-0.2, -0.15) is 0 Å². The van der Waals surface area contributed by atoms with Gasteiger partial charge >= 0.3 is 5.97 Å². The molecule has 1 aromatic heterocycles. The van der Waals surface area contributed by atoms with Crippen LogP contribution in [0.1, 0.15) is 69.0 Å². The Morgan fingerprint density at radius 3 is 2.37 bits per heavy atom. The highest BCUT2D eigenvalue weighted by Gasteiger charge is 2.37. The van der Waals surface area contributed by atoms with Gasteiger partial charge < -0.3 is 4.74 Å². The number of aryl methyl sites for hydroxylation is 1. The molecule has 1 aromatic carbocycles. The van der Waals surface area contributed by atoms with E-state index in [0.717, 1.165) is 4.88 Å². The molecule has 0 amide bonds. The molecular formula is C24H30O2S. The first kappa shape index (κ1) is 19.9. The van der Waals surface area contributed by atoms with Gasteiger partial charge in [0.2, 0.25) is 0 Å². The predicted octanol–water partition coefficient (Wildman–Crippen LogP) is 6.65. The van der Waals surface area contributed by atoms with Crippen LogP contribution in [0.5, 0.6) is 0 Å². The van der Waals surface area contributed by atoms with Crippen LogP contribution in [0.15, 0.2) is 29.7 Å². The first-order chi connectivity index (χ1) is 12.6. The van der Waals surface area contributed by atoms with Crippen LogP contribution in [0.25, 0.3) is 17.2 Å². The second-order valence-corrected chi connectivity index (χ2v) is 9.75. The van der Waals surface area contributed by atoms with E-state index in [1.807, 2.05) is 13.0 Å². The summed E-state index contributed by atoms with van der Waals surface area (Å²) in [6.07, 6.45) is 5.79. The number of esters is 1. The van der Waals surface area contributed by atoms with Crippen molar-refractivity contribution in [3.05, 3.63) is 51.2 Å². The maximum Gasteiger partial charge on any atom is 0.330 e. The quantitative estimate of drug-likeness (QED) is 0.437. The number of carbonyl (C=O) groups excluding carboxylic acids is 1. The first-order valence-corrected chi connectivity index (χ1v) is 10.6. The molecule has 144 valence electrons. The lowest BCUT2D eigenvalue weighted by atomic mass is 9.62. The average Bonchev–Trinajstić information content (AvgIpc) is 3.06. The summed E-state index contributed by atoms with van der Waals surface area (Å²) >= 11 is 1.66. The Balaban J connectivity index is 1.98. The number of ether oxygens (including phenoxy) is 1. The van der Waals surface area contributed by atoms with E-state index in [9.17, 15) is 4.79 Å². The summed E-state index contributed by atoms with van der Waals surface area (Å²) in [4.78, 5) is 12.6. The smallest absolute Gasteiger partial charge is 0.330 e. The van der Waals surface area contributed by atoms with E-state index >= 15 is 0 Å². The fourth-order valence-electron chi connectivity index (χ4n) is 3.96. The van der Waals surface area contributed by atoms with Gasteiger partial charge in [-0.25, -0.2) is 4.79 Å². The highest BCUT2D eigenvalue weighted by atomic mass is 32.1. The fourth-order valence-corrected chi connectivity index (χ4v) is 4.75. The molecule has 2 nitrogen and oxygen atoms in total. The summed E-state index contributed by atoms with van der Waals surface area (Å²) in [6.45, 7) is 13.9. The topological polar surface area (TPSA) is 26.3 Å². The van der Waals surface area contributed by atoms with Crippen molar-refractivity contribution in [1.29, 1.82) is 0 Å². The van der Waals surface area contributed by atoms with Gasteiger partial charge in [0, 0.05) is 11.0 Å². The van der Waals surface area contributed by atoms with E-state index in [-0.39, 0.29) is 16.8 Å². The van der Waals surface area contributed by atoms with Crippen LogP contribution in [0.3, 0.4) is 0 Å². The van der Waals surface area contributed by atoms with Crippen molar-refractivity contribution in [2.45, 2.75) is 65.2 Å². The van der Waals surface area contributed by atoms with Crippen LogP contribution < -0.4 is 0 Å². The molecule has 0 unspecified atom stereocenters. The normalized spacial score (nSPS) is 17.7. The number of fused-ring (bicyclic) bond motifs is 1. The van der Waals surface area contributed by atoms with E-state index < -0.39 is 0 Å². The highest BCUT2D eigenvalue weighted by molar-refractivity contribution is 7.11. The Morgan fingerprint density at radius 1 is 1.11 bits per heavy atom. The van der Waals surface area contributed by atoms with Gasteiger partial charge in [-0.1, -0.05) is 39.8 Å². The third-order valence-electron chi connectivity index (χ3n) is 5.80. The first-order valence-electron chi connectivity index (χ1n) is 9.73. The van der Waals surface area contributed by atoms with Crippen LogP contribution >= 0.6 is 11.3 Å². The number of benzene rings is 1. The van der Waals surface area contributed by atoms with Crippen LogP contribution in [0.2, 0.25) is 0 Å². The molecule has 1 heterocycles. The van der Waals surface area contributed by atoms with Crippen LogP contribution in [-0.4, -0.2) is 12.6 Å². The lowest BCUT2D eigenvalue weighted by Crippen LogP contribution is -2.34. The Hall–Kier alpha value is -1.87. The summed E-state index contributed by atoms with van der Waals surface area (Å²) < 4.78 is 4.96. The molecule has 0 atom stereocenters. The molecule has 3 rings (SSSR count). The van der Waals surface area contributed by atoms with Crippen molar-refractivity contribution in [3.8, 4) is 11.1 Å². The van der Waals surface area contributed by atoms with E-state index in [2.05, 4.69) is 58.2 Å². The minimum atomic E-state index is -0.290. The molecule has 3 heteroatoms. The van der Waals surface area contributed by atoms with Crippen LogP contribution in [0.4, 0.5) is 0 Å². The monoisotopic (exact) mass is 382 g/mol. The molecule has 0 spiro atoms. The summed E-state index contributed by atoms with van der Waals surface area (Å²) in [5, 5.41) is 2.18. The van der Waals surface area contributed by atoms with Gasteiger partial charge in [-0.15, -0.1) is 11.3 Å². The fraction of sp³-hybridized carbons (Fsp3) is 0.458. The summed E-state index contributed by atoms with van der Waals surface area (Å²) in [7, 11) is 0. The molecule has 0 saturated heterocycles. The minimum Gasteiger partial charge on any atom is -0.463 e. The second kappa shape index (κ2) is 7.27. The largest absolute Gasteiger partial charge is 0.463 e. The number of hydrogen-bond acceptors (Lipinski definition) is 3. The number of carbonyl (C=O) groups is 1. The molecule has 0 saturated carbocycles. The van der Waals surface area contributed by atoms with Crippen molar-refractivity contribution in [3.63, 3.8) is 0 Å². The van der Waals surface area contributed by atoms with Crippen molar-refractivity contribution in [2.24, 2.45) is 0 Å². The second-order valence-electron chi connectivity index (χ2n) is 8.80. The zero-order valence-electron chi connectivity index (χ0n) is 17.3. The predicted molar refractivity (Wildman–Crippen MR) is 115 cm³/mol. The number of hydrogen-bond donors (Lipinski definition) is 0. The van der Waals surface area contributed by atoms with Crippen molar-refractivity contribution >= 4 is 23.4 Å². The Bertz CT molecular complexity index is 884. The Morgan fingerprint density at radius 2 is 1.74 bits per heavy atom. The molecule has 0 aliphatic heterocycles. The van der Waals surface area contributed by atoms with Gasteiger partial charge in [0.1, 0.15) is 0 Å². The maximum absolute atomic E-state index is 11.5. The van der Waals surface area contributed by atoms with E-state index in [1.54, 1.807) is 11.3 Å². The van der Waals surface area contributed by atoms with Gasteiger partial charge in [0.15, 0.2) is 0 Å². The number of thiophene rings is 1. The third-order valence-corrected chi connectivity index (χ3v) is 6.70. The van der Waals surface area contributed by atoms with Crippen molar-refractivity contribution in [2.75, 3.05) is 6.61 Å². The molecule has 1 aliphatic rings. The Kier molecular flexibility index (Phi) is 5.36. The molecule has 0 bridgehead atoms. The Labute approximate surface area is 167 Å².